The molecule has 2 fully saturated rings. The largest absolute Gasteiger partial charge is 0.357 e. The van der Waals surface area contributed by atoms with Crippen molar-refractivity contribution in [2.45, 2.75) is 38.0 Å². The van der Waals surface area contributed by atoms with Crippen molar-refractivity contribution in [3.63, 3.8) is 0 Å². The summed E-state index contributed by atoms with van der Waals surface area (Å²) in [6.07, 6.45) is 3.94. The molecule has 0 bridgehead atoms. The van der Waals surface area contributed by atoms with E-state index in [2.05, 4.69) is 72.2 Å². The minimum Gasteiger partial charge on any atom is -0.357 e. The maximum Gasteiger partial charge on any atom is 0.223 e. The minimum absolute atomic E-state index is 0. The van der Waals surface area contributed by atoms with Gasteiger partial charge in [-0.3, -0.25) is 9.79 Å². The monoisotopic (exact) mass is 546 g/mol. The molecule has 0 spiro atoms. The van der Waals surface area contributed by atoms with Gasteiger partial charge >= 0.3 is 0 Å². The second kappa shape index (κ2) is 11.7. The molecule has 6 heteroatoms. The second-order valence-corrected chi connectivity index (χ2v) is 8.87. The number of halogens is 1. The molecule has 2 aliphatic rings. The van der Waals surface area contributed by atoms with Gasteiger partial charge < -0.3 is 15.5 Å². The van der Waals surface area contributed by atoms with Crippen molar-refractivity contribution in [1.82, 2.24) is 15.5 Å². The molecule has 1 amide bonds. The Morgan fingerprint density at radius 1 is 1.06 bits per heavy atom. The van der Waals surface area contributed by atoms with Crippen LogP contribution in [0.4, 0.5) is 0 Å². The quantitative estimate of drug-likeness (QED) is 0.284. The van der Waals surface area contributed by atoms with Gasteiger partial charge in [0.1, 0.15) is 0 Å². The molecule has 1 saturated heterocycles. The number of likely N-dealkylation sites (tertiary alicyclic amines) is 1. The summed E-state index contributed by atoms with van der Waals surface area (Å²) >= 11 is 0. The van der Waals surface area contributed by atoms with Gasteiger partial charge in [-0.15, -0.1) is 24.0 Å². The molecule has 0 radical (unpaired) electrons. The van der Waals surface area contributed by atoms with Crippen LogP contribution < -0.4 is 10.6 Å². The summed E-state index contributed by atoms with van der Waals surface area (Å²) in [5, 5.41) is 6.86. The lowest BCUT2D eigenvalue weighted by Gasteiger charge is -2.19. The third-order valence-electron chi connectivity index (χ3n) is 6.49. The molecule has 0 aromatic heterocycles. The highest BCUT2D eigenvalue weighted by atomic mass is 127. The lowest BCUT2D eigenvalue weighted by Crippen LogP contribution is -2.40. The fraction of sp³-hybridized carbons (Fsp3) is 0.462. The van der Waals surface area contributed by atoms with Gasteiger partial charge in [0.05, 0.1) is 6.54 Å². The molecule has 172 valence electrons. The smallest absolute Gasteiger partial charge is 0.223 e. The SMILES string of the molecule is CCNC(=NCC1(c2ccccc2)CC1)NCC1CC(=O)N(CCc2ccccc2)C1.I. The van der Waals surface area contributed by atoms with Gasteiger partial charge in [0.25, 0.3) is 0 Å². The zero-order valence-electron chi connectivity index (χ0n) is 18.9. The number of carbonyl (C=O) groups is 1. The molecule has 1 heterocycles. The normalized spacial score (nSPS) is 19.4. The van der Waals surface area contributed by atoms with E-state index in [0.29, 0.717) is 12.3 Å². The zero-order chi connectivity index (χ0) is 21.5. The second-order valence-electron chi connectivity index (χ2n) is 8.87. The number of amides is 1. The molecule has 1 atom stereocenters. The van der Waals surface area contributed by atoms with E-state index in [1.54, 1.807) is 0 Å². The molecule has 5 nitrogen and oxygen atoms in total. The maximum atomic E-state index is 12.5. The standard InChI is InChI=1S/C26H34N4O.HI/c1-2-27-25(29-20-26(14-15-26)23-11-7-4-8-12-23)28-18-22-17-24(31)30(19-22)16-13-21-9-5-3-6-10-21;/h3-12,22H,2,13-20H2,1H3,(H2,27,28,29);1H. The highest BCUT2D eigenvalue weighted by Gasteiger charge is 2.44. The third-order valence-corrected chi connectivity index (χ3v) is 6.49. The summed E-state index contributed by atoms with van der Waals surface area (Å²) in [5.74, 6) is 1.46. The number of guanidine groups is 1. The summed E-state index contributed by atoms with van der Waals surface area (Å²) in [6.45, 7) is 6.12. The minimum atomic E-state index is 0. The predicted octanol–water partition coefficient (Wildman–Crippen LogP) is 3.98. The molecule has 2 aromatic rings. The van der Waals surface area contributed by atoms with Gasteiger partial charge in [-0.2, -0.15) is 0 Å². The topological polar surface area (TPSA) is 56.7 Å². The number of nitrogens with zero attached hydrogens (tertiary/aromatic N) is 2. The first-order valence-electron chi connectivity index (χ1n) is 11.6. The molecule has 32 heavy (non-hydrogen) atoms. The average molecular weight is 546 g/mol. The molecule has 1 unspecified atom stereocenters. The highest BCUT2D eigenvalue weighted by Crippen LogP contribution is 2.48. The molecular formula is C26H35IN4O. The summed E-state index contributed by atoms with van der Waals surface area (Å²) in [4.78, 5) is 19.4. The van der Waals surface area contributed by atoms with Crippen LogP contribution in [0.5, 0.6) is 0 Å². The van der Waals surface area contributed by atoms with Crippen LogP contribution in [0.1, 0.15) is 37.3 Å². The highest BCUT2D eigenvalue weighted by molar-refractivity contribution is 14.0. The number of benzene rings is 2. The van der Waals surface area contributed by atoms with E-state index in [-0.39, 0.29) is 35.3 Å². The molecule has 1 aliphatic carbocycles. The first-order chi connectivity index (χ1) is 15.2. The van der Waals surface area contributed by atoms with Crippen LogP contribution in [-0.2, 0) is 16.6 Å². The molecule has 1 saturated carbocycles. The Balaban J connectivity index is 0.00000289. The van der Waals surface area contributed by atoms with Crippen molar-refractivity contribution in [3.8, 4) is 0 Å². The number of rotatable bonds is 9. The van der Waals surface area contributed by atoms with Crippen LogP contribution in [0.3, 0.4) is 0 Å². The number of aliphatic imine (C=N–C) groups is 1. The Bertz CT molecular complexity index is 883. The fourth-order valence-electron chi connectivity index (χ4n) is 4.41. The van der Waals surface area contributed by atoms with Gasteiger partial charge in [0, 0.05) is 43.9 Å². The Morgan fingerprint density at radius 3 is 2.41 bits per heavy atom. The van der Waals surface area contributed by atoms with Gasteiger partial charge in [-0.1, -0.05) is 60.7 Å². The van der Waals surface area contributed by atoms with Crippen LogP contribution in [0.25, 0.3) is 0 Å². The maximum absolute atomic E-state index is 12.5. The summed E-state index contributed by atoms with van der Waals surface area (Å²) < 4.78 is 0. The van der Waals surface area contributed by atoms with E-state index in [0.717, 1.165) is 45.1 Å². The molecule has 4 rings (SSSR count). The van der Waals surface area contributed by atoms with E-state index >= 15 is 0 Å². The number of nitrogens with one attached hydrogen (secondary N) is 2. The Morgan fingerprint density at radius 2 is 1.75 bits per heavy atom. The van der Waals surface area contributed by atoms with Crippen LogP contribution in [0.15, 0.2) is 65.7 Å². The van der Waals surface area contributed by atoms with Crippen molar-refractivity contribution in [2.24, 2.45) is 10.9 Å². The average Bonchev–Trinajstić information content (AvgIpc) is 3.52. The lowest BCUT2D eigenvalue weighted by atomic mass is 9.96. The summed E-state index contributed by atoms with van der Waals surface area (Å²) in [6, 6.07) is 21.1. The van der Waals surface area contributed by atoms with Crippen molar-refractivity contribution in [3.05, 3.63) is 71.8 Å². The van der Waals surface area contributed by atoms with Crippen molar-refractivity contribution >= 4 is 35.8 Å². The first kappa shape index (κ1) is 24.6. The molecule has 2 aromatic carbocycles. The van der Waals surface area contributed by atoms with Crippen molar-refractivity contribution in [1.29, 1.82) is 0 Å². The number of carbonyl (C=O) groups excluding carboxylic acids is 1. The van der Waals surface area contributed by atoms with Gasteiger partial charge in [-0.05, 0) is 37.3 Å². The first-order valence-corrected chi connectivity index (χ1v) is 11.6. The Labute approximate surface area is 209 Å². The number of hydrogen-bond donors (Lipinski definition) is 2. The third kappa shape index (κ3) is 6.47. The Hall–Kier alpha value is -2.09. The van der Waals surface area contributed by atoms with Crippen LogP contribution >= 0.6 is 24.0 Å². The van der Waals surface area contributed by atoms with Gasteiger partial charge in [0.2, 0.25) is 5.91 Å². The molecular weight excluding hydrogens is 511 g/mol. The zero-order valence-corrected chi connectivity index (χ0v) is 21.3. The van der Waals surface area contributed by atoms with Crippen molar-refractivity contribution in [2.75, 3.05) is 32.7 Å². The number of hydrogen-bond acceptors (Lipinski definition) is 2. The lowest BCUT2D eigenvalue weighted by molar-refractivity contribution is -0.127. The van der Waals surface area contributed by atoms with Crippen LogP contribution in [-0.4, -0.2) is 49.5 Å². The summed E-state index contributed by atoms with van der Waals surface area (Å²) in [7, 11) is 0. The summed E-state index contributed by atoms with van der Waals surface area (Å²) in [5.41, 5.74) is 2.89. The predicted molar refractivity (Wildman–Crippen MR) is 142 cm³/mol. The van der Waals surface area contributed by atoms with Gasteiger partial charge in [-0.25, -0.2) is 0 Å². The van der Waals surface area contributed by atoms with E-state index < -0.39 is 0 Å². The molecule has 2 N–H and O–H groups in total. The van der Waals surface area contributed by atoms with Crippen LogP contribution in [0.2, 0.25) is 0 Å². The molecule has 1 aliphatic heterocycles. The van der Waals surface area contributed by atoms with Crippen LogP contribution in [0, 0.1) is 5.92 Å². The fourth-order valence-corrected chi connectivity index (χ4v) is 4.41. The van der Waals surface area contributed by atoms with E-state index in [1.807, 2.05) is 11.0 Å². The van der Waals surface area contributed by atoms with E-state index in [9.17, 15) is 4.79 Å². The van der Waals surface area contributed by atoms with Gasteiger partial charge in [0.15, 0.2) is 5.96 Å². The van der Waals surface area contributed by atoms with Crippen molar-refractivity contribution < 1.29 is 4.79 Å². The van der Waals surface area contributed by atoms with E-state index in [4.69, 9.17) is 4.99 Å². The van der Waals surface area contributed by atoms with E-state index in [1.165, 1.54) is 24.0 Å². The Kier molecular flexibility index (Phi) is 8.96.